The van der Waals surface area contributed by atoms with Crippen LogP contribution < -0.4 is 4.72 Å². The van der Waals surface area contributed by atoms with Crippen molar-refractivity contribution in [3.05, 3.63) is 35.7 Å². The second kappa shape index (κ2) is 4.34. The number of nitrogens with zero attached hydrogens (tertiary/aromatic N) is 1. The van der Waals surface area contributed by atoms with E-state index in [0.29, 0.717) is 17.1 Å². The van der Waals surface area contributed by atoms with Gasteiger partial charge in [-0.25, -0.2) is 8.42 Å². The number of phenols is 1. The third-order valence-corrected chi connectivity index (χ3v) is 3.84. The van der Waals surface area contributed by atoms with Crippen LogP contribution in [0.15, 0.2) is 29.2 Å². The molecule has 96 valence electrons. The van der Waals surface area contributed by atoms with E-state index >= 15 is 0 Å². The van der Waals surface area contributed by atoms with Gasteiger partial charge in [0.25, 0.3) is 10.0 Å². The lowest BCUT2D eigenvalue weighted by Crippen LogP contribution is -2.13. The normalized spacial score (nSPS) is 11.4. The summed E-state index contributed by atoms with van der Waals surface area (Å²) < 4.78 is 26.6. The molecular weight excluding hydrogens is 254 g/mol. The second-order valence-electron chi connectivity index (χ2n) is 3.91. The molecule has 6 nitrogen and oxygen atoms in total. The first kappa shape index (κ1) is 12.4. The minimum Gasteiger partial charge on any atom is -0.508 e. The van der Waals surface area contributed by atoms with Gasteiger partial charge in [0.1, 0.15) is 5.75 Å². The van der Waals surface area contributed by atoms with Crippen molar-refractivity contribution in [1.29, 1.82) is 0 Å². The van der Waals surface area contributed by atoms with Gasteiger partial charge in [-0.1, -0.05) is 6.07 Å². The van der Waals surface area contributed by atoms with Crippen LogP contribution in [0.2, 0.25) is 0 Å². The number of aromatic nitrogens is 2. The van der Waals surface area contributed by atoms with Crippen molar-refractivity contribution in [3.63, 3.8) is 0 Å². The SMILES string of the molecule is Cc1n[nH]c(C)c1NS(=O)(=O)c1cccc(O)c1. The largest absolute Gasteiger partial charge is 0.508 e. The Morgan fingerprint density at radius 1 is 1.33 bits per heavy atom. The highest BCUT2D eigenvalue weighted by Crippen LogP contribution is 2.22. The first-order valence-electron chi connectivity index (χ1n) is 5.23. The van der Waals surface area contributed by atoms with E-state index < -0.39 is 10.0 Å². The summed E-state index contributed by atoms with van der Waals surface area (Å²) in [7, 11) is -3.72. The number of aryl methyl sites for hydroxylation is 2. The molecule has 0 aliphatic rings. The van der Waals surface area contributed by atoms with Crippen LogP contribution in [0.1, 0.15) is 11.4 Å². The molecule has 18 heavy (non-hydrogen) atoms. The molecule has 0 aliphatic carbocycles. The van der Waals surface area contributed by atoms with E-state index in [1.165, 1.54) is 24.3 Å². The van der Waals surface area contributed by atoms with Crippen molar-refractivity contribution in [2.24, 2.45) is 0 Å². The van der Waals surface area contributed by atoms with Crippen molar-refractivity contribution in [1.82, 2.24) is 10.2 Å². The van der Waals surface area contributed by atoms with Crippen molar-refractivity contribution in [3.8, 4) is 5.75 Å². The zero-order chi connectivity index (χ0) is 13.3. The molecule has 3 N–H and O–H groups in total. The maximum atomic E-state index is 12.1. The third kappa shape index (κ3) is 2.30. The molecule has 1 aromatic carbocycles. The van der Waals surface area contributed by atoms with Gasteiger partial charge in [-0.15, -0.1) is 0 Å². The molecule has 0 fully saturated rings. The van der Waals surface area contributed by atoms with Gasteiger partial charge < -0.3 is 5.11 Å². The number of phenolic OH excluding ortho intramolecular Hbond substituents is 1. The van der Waals surface area contributed by atoms with Gasteiger partial charge in [0.05, 0.1) is 22.0 Å². The Morgan fingerprint density at radius 3 is 2.61 bits per heavy atom. The number of rotatable bonds is 3. The molecule has 0 spiro atoms. The molecule has 0 amide bonds. The van der Waals surface area contributed by atoms with E-state index in [2.05, 4.69) is 14.9 Å². The van der Waals surface area contributed by atoms with Gasteiger partial charge in [0, 0.05) is 6.07 Å². The standard InChI is InChI=1S/C11H13N3O3S/c1-7-11(8(2)13-12-7)14-18(16,17)10-5-3-4-9(15)6-10/h3-6,14-15H,1-2H3,(H,12,13). The van der Waals surface area contributed by atoms with Crippen LogP contribution in [0.3, 0.4) is 0 Å². The van der Waals surface area contributed by atoms with E-state index in [4.69, 9.17) is 0 Å². The highest BCUT2D eigenvalue weighted by atomic mass is 32.2. The Morgan fingerprint density at radius 2 is 2.06 bits per heavy atom. The third-order valence-electron chi connectivity index (χ3n) is 2.49. The van der Waals surface area contributed by atoms with Crippen LogP contribution in [0, 0.1) is 13.8 Å². The van der Waals surface area contributed by atoms with Crippen LogP contribution in [0.25, 0.3) is 0 Å². The zero-order valence-corrected chi connectivity index (χ0v) is 10.7. The summed E-state index contributed by atoms with van der Waals surface area (Å²) in [5.41, 5.74) is 1.63. The Bertz CT molecular complexity index is 657. The molecule has 0 aliphatic heterocycles. The lowest BCUT2D eigenvalue weighted by atomic mass is 10.3. The molecule has 0 saturated carbocycles. The average Bonchev–Trinajstić information content (AvgIpc) is 2.60. The minimum atomic E-state index is -3.72. The van der Waals surface area contributed by atoms with E-state index in [9.17, 15) is 13.5 Å². The lowest BCUT2D eigenvalue weighted by Gasteiger charge is -2.08. The van der Waals surface area contributed by atoms with Crippen molar-refractivity contribution in [2.75, 3.05) is 4.72 Å². The van der Waals surface area contributed by atoms with Gasteiger partial charge in [0.15, 0.2) is 0 Å². The summed E-state index contributed by atoms with van der Waals surface area (Å²) in [4.78, 5) is 0.00231. The van der Waals surface area contributed by atoms with Gasteiger partial charge in [-0.3, -0.25) is 9.82 Å². The molecule has 0 unspecified atom stereocenters. The molecule has 7 heteroatoms. The minimum absolute atomic E-state index is 0.00231. The molecule has 0 bridgehead atoms. The van der Waals surface area contributed by atoms with Crippen LogP contribution in [-0.4, -0.2) is 23.7 Å². The predicted octanol–water partition coefficient (Wildman–Crippen LogP) is 1.53. The summed E-state index contributed by atoms with van der Waals surface area (Å²) in [6.07, 6.45) is 0. The zero-order valence-electron chi connectivity index (χ0n) is 9.93. The number of anilines is 1. The maximum Gasteiger partial charge on any atom is 0.262 e. The van der Waals surface area contributed by atoms with E-state index in [1.54, 1.807) is 13.8 Å². The number of H-pyrrole nitrogens is 1. The fourth-order valence-electron chi connectivity index (χ4n) is 1.55. The number of aromatic amines is 1. The molecule has 0 saturated heterocycles. The summed E-state index contributed by atoms with van der Waals surface area (Å²) >= 11 is 0. The summed E-state index contributed by atoms with van der Waals surface area (Å²) in [6.45, 7) is 3.42. The number of benzene rings is 1. The summed E-state index contributed by atoms with van der Waals surface area (Å²) in [5, 5.41) is 15.9. The number of hydrogen-bond acceptors (Lipinski definition) is 4. The summed E-state index contributed by atoms with van der Waals surface area (Å²) in [6, 6.07) is 5.48. The molecule has 2 rings (SSSR count). The molecule has 0 radical (unpaired) electrons. The van der Waals surface area contributed by atoms with Gasteiger partial charge in [-0.2, -0.15) is 5.10 Å². The second-order valence-corrected chi connectivity index (χ2v) is 5.59. The van der Waals surface area contributed by atoms with Crippen LogP contribution >= 0.6 is 0 Å². The predicted molar refractivity (Wildman–Crippen MR) is 67.0 cm³/mol. The van der Waals surface area contributed by atoms with Gasteiger partial charge in [-0.05, 0) is 26.0 Å². The summed E-state index contributed by atoms with van der Waals surface area (Å²) in [5.74, 6) is -0.0986. The Labute approximate surface area is 105 Å². The fourth-order valence-corrected chi connectivity index (χ4v) is 2.77. The molecule has 2 aromatic rings. The monoisotopic (exact) mass is 267 g/mol. The van der Waals surface area contributed by atoms with Crippen LogP contribution in [0.5, 0.6) is 5.75 Å². The first-order valence-corrected chi connectivity index (χ1v) is 6.72. The highest BCUT2D eigenvalue weighted by molar-refractivity contribution is 7.92. The number of hydrogen-bond donors (Lipinski definition) is 3. The lowest BCUT2D eigenvalue weighted by molar-refractivity contribution is 0.473. The Hall–Kier alpha value is -2.02. The number of aromatic hydroxyl groups is 1. The quantitative estimate of drug-likeness (QED) is 0.786. The number of nitrogens with one attached hydrogen (secondary N) is 2. The van der Waals surface area contributed by atoms with E-state index in [1.807, 2.05) is 0 Å². The Balaban J connectivity index is 2.39. The molecule has 1 heterocycles. The van der Waals surface area contributed by atoms with Crippen LogP contribution in [0.4, 0.5) is 5.69 Å². The smallest absolute Gasteiger partial charge is 0.262 e. The van der Waals surface area contributed by atoms with Crippen molar-refractivity contribution < 1.29 is 13.5 Å². The molecular formula is C11H13N3O3S. The number of sulfonamides is 1. The fraction of sp³-hybridized carbons (Fsp3) is 0.182. The molecule has 0 atom stereocenters. The van der Waals surface area contributed by atoms with E-state index in [0.717, 1.165) is 0 Å². The molecule has 1 aromatic heterocycles. The average molecular weight is 267 g/mol. The topological polar surface area (TPSA) is 95.1 Å². The first-order chi connectivity index (χ1) is 8.40. The van der Waals surface area contributed by atoms with Gasteiger partial charge >= 0.3 is 0 Å². The van der Waals surface area contributed by atoms with Crippen molar-refractivity contribution >= 4 is 15.7 Å². The van der Waals surface area contributed by atoms with Crippen molar-refractivity contribution in [2.45, 2.75) is 18.7 Å². The van der Waals surface area contributed by atoms with Gasteiger partial charge in [0.2, 0.25) is 0 Å². The Kier molecular flexibility index (Phi) is 3.00. The van der Waals surface area contributed by atoms with Crippen LogP contribution in [-0.2, 0) is 10.0 Å². The maximum absolute atomic E-state index is 12.1. The highest BCUT2D eigenvalue weighted by Gasteiger charge is 2.18. The van der Waals surface area contributed by atoms with E-state index in [-0.39, 0.29) is 10.6 Å².